The van der Waals surface area contributed by atoms with Gasteiger partial charge in [-0.2, -0.15) is 0 Å². The van der Waals surface area contributed by atoms with Gasteiger partial charge in [0.05, 0.1) is 6.54 Å². The van der Waals surface area contributed by atoms with Gasteiger partial charge in [-0.3, -0.25) is 9.59 Å². The number of hydrogen-bond donors (Lipinski definition) is 1. The van der Waals surface area contributed by atoms with Gasteiger partial charge in [-0.15, -0.1) is 0 Å². The molecule has 0 bridgehead atoms. The zero-order valence-corrected chi connectivity index (χ0v) is 12.8. The maximum atomic E-state index is 12.2. The van der Waals surface area contributed by atoms with Crippen LogP contribution in [0.15, 0.2) is 0 Å². The lowest BCUT2D eigenvalue weighted by atomic mass is 9.94. The molecule has 0 aromatic heterocycles. The Morgan fingerprint density at radius 2 is 1.74 bits per heavy atom. The van der Waals surface area contributed by atoms with Crippen molar-refractivity contribution in [3.63, 3.8) is 0 Å². The summed E-state index contributed by atoms with van der Waals surface area (Å²) in [5, 5.41) is 2.75. The van der Waals surface area contributed by atoms with E-state index in [9.17, 15) is 9.59 Å². The molecule has 19 heavy (non-hydrogen) atoms. The zero-order valence-electron chi connectivity index (χ0n) is 12.8. The average Bonchev–Trinajstić information content (AvgIpc) is 2.37. The summed E-state index contributed by atoms with van der Waals surface area (Å²) in [7, 11) is 0. The Morgan fingerprint density at radius 3 is 2.21 bits per heavy atom. The number of likely N-dealkylation sites (N-methyl/N-ethyl adjacent to an activating group) is 1. The maximum absolute atomic E-state index is 12.2. The number of carbonyl (C=O) groups is 2. The Morgan fingerprint density at radius 1 is 1.16 bits per heavy atom. The number of amides is 2. The van der Waals surface area contributed by atoms with Gasteiger partial charge in [-0.1, -0.05) is 40.0 Å². The van der Waals surface area contributed by atoms with Gasteiger partial charge in [0.25, 0.3) is 0 Å². The summed E-state index contributed by atoms with van der Waals surface area (Å²) in [4.78, 5) is 25.9. The normalized spacial score (nSPS) is 17.1. The first-order valence-electron chi connectivity index (χ1n) is 7.44. The molecule has 1 aliphatic carbocycles. The fraction of sp³-hybridized carbons (Fsp3) is 0.867. The highest BCUT2D eigenvalue weighted by molar-refractivity contribution is 5.87. The van der Waals surface area contributed by atoms with Crippen LogP contribution < -0.4 is 5.32 Å². The van der Waals surface area contributed by atoms with Crippen LogP contribution in [-0.4, -0.2) is 35.8 Å². The molecule has 2 amide bonds. The quantitative estimate of drug-likeness (QED) is 0.850. The number of nitrogens with one attached hydrogen (secondary N) is 1. The van der Waals surface area contributed by atoms with E-state index in [2.05, 4.69) is 5.32 Å². The topological polar surface area (TPSA) is 49.4 Å². The van der Waals surface area contributed by atoms with Crippen molar-refractivity contribution in [3.8, 4) is 0 Å². The molecule has 0 radical (unpaired) electrons. The van der Waals surface area contributed by atoms with Crippen molar-refractivity contribution in [1.29, 1.82) is 0 Å². The van der Waals surface area contributed by atoms with E-state index in [1.54, 1.807) is 0 Å². The lowest BCUT2D eigenvalue weighted by Gasteiger charge is -2.34. The van der Waals surface area contributed by atoms with Gasteiger partial charge >= 0.3 is 0 Å². The van der Waals surface area contributed by atoms with Gasteiger partial charge in [0.1, 0.15) is 0 Å². The Hall–Kier alpha value is -1.06. The van der Waals surface area contributed by atoms with E-state index in [1.165, 1.54) is 19.3 Å². The van der Waals surface area contributed by atoms with Crippen LogP contribution >= 0.6 is 0 Å². The van der Waals surface area contributed by atoms with Gasteiger partial charge in [-0.25, -0.2) is 0 Å². The molecule has 0 atom stereocenters. The first-order valence-corrected chi connectivity index (χ1v) is 7.44. The summed E-state index contributed by atoms with van der Waals surface area (Å²) in [6.07, 6.45) is 5.91. The second-order valence-corrected chi connectivity index (χ2v) is 6.40. The van der Waals surface area contributed by atoms with Gasteiger partial charge in [0.2, 0.25) is 11.8 Å². The minimum Gasteiger partial charge on any atom is -0.347 e. The second kappa shape index (κ2) is 6.92. The third kappa shape index (κ3) is 4.84. The van der Waals surface area contributed by atoms with Crippen molar-refractivity contribution in [2.45, 2.75) is 65.8 Å². The van der Waals surface area contributed by atoms with Crippen molar-refractivity contribution in [1.82, 2.24) is 10.2 Å². The van der Waals surface area contributed by atoms with E-state index >= 15 is 0 Å². The van der Waals surface area contributed by atoms with Crippen LogP contribution in [0.1, 0.15) is 59.8 Å². The molecule has 1 aliphatic rings. The minimum absolute atomic E-state index is 0.0481. The molecule has 0 heterocycles. The van der Waals surface area contributed by atoms with Gasteiger partial charge < -0.3 is 10.2 Å². The molecule has 1 fully saturated rings. The Balaban J connectivity index is 2.47. The van der Waals surface area contributed by atoms with Crippen LogP contribution in [0.5, 0.6) is 0 Å². The van der Waals surface area contributed by atoms with Crippen molar-refractivity contribution in [2.24, 2.45) is 5.41 Å². The first kappa shape index (κ1) is 16.0. The van der Waals surface area contributed by atoms with E-state index in [0.717, 1.165) is 19.4 Å². The molecule has 0 aromatic rings. The monoisotopic (exact) mass is 268 g/mol. The highest BCUT2D eigenvalue weighted by atomic mass is 16.2. The molecule has 0 saturated heterocycles. The molecule has 1 saturated carbocycles. The summed E-state index contributed by atoms with van der Waals surface area (Å²) in [5.41, 5.74) is -0.442. The molecule has 4 heteroatoms. The highest BCUT2D eigenvalue weighted by Gasteiger charge is 2.26. The third-order valence-electron chi connectivity index (χ3n) is 3.76. The lowest BCUT2D eigenvalue weighted by molar-refractivity contribution is -0.137. The molecule has 1 rings (SSSR count). The number of nitrogens with zero attached hydrogens (tertiary/aromatic N) is 1. The molecule has 0 unspecified atom stereocenters. The average molecular weight is 268 g/mol. The van der Waals surface area contributed by atoms with E-state index < -0.39 is 5.41 Å². The maximum Gasteiger partial charge on any atom is 0.242 e. The summed E-state index contributed by atoms with van der Waals surface area (Å²) in [6, 6.07) is 0.373. The van der Waals surface area contributed by atoms with Crippen LogP contribution in [0.3, 0.4) is 0 Å². The minimum atomic E-state index is -0.442. The summed E-state index contributed by atoms with van der Waals surface area (Å²) < 4.78 is 0. The van der Waals surface area contributed by atoms with Gasteiger partial charge in [0, 0.05) is 18.0 Å². The van der Waals surface area contributed by atoms with Crippen LogP contribution in [0.2, 0.25) is 0 Å². The fourth-order valence-corrected chi connectivity index (χ4v) is 2.55. The molecule has 0 aliphatic heterocycles. The first-order chi connectivity index (χ1) is 8.86. The summed E-state index contributed by atoms with van der Waals surface area (Å²) in [6.45, 7) is 8.43. The number of carbonyl (C=O) groups excluding carboxylic acids is 2. The standard InChI is InChI=1S/C15H28N2O2/c1-5-17(12-9-7-6-8-10-12)13(18)11-16-14(19)15(2,3)4/h12H,5-11H2,1-4H3,(H,16,19). The van der Waals surface area contributed by atoms with E-state index in [-0.39, 0.29) is 18.4 Å². The predicted molar refractivity (Wildman–Crippen MR) is 76.7 cm³/mol. The SMILES string of the molecule is CCN(C(=O)CNC(=O)C(C)(C)C)C1CCCCC1. The third-order valence-corrected chi connectivity index (χ3v) is 3.76. The van der Waals surface area contributed by atoms with Crippen molar-refractivity contribution in [2.75, 3.05) is 13.1 Å². The molecule has 0 aromatic carbocycles. The summed E-state index contributed by atoms with van der Waals surface area (Å²) in [5.74, 6) is -0.0208. The zero-order chi connectivity index (χ0) is 14.5. The molecule has 110 valence electrons. The van der Waals surface area contributed by atoms with Crippen LogP contribution in [0.25, 0.3) is 0 Å². The lowest BCUT2D eigenvalue weighted by Crippen LogP contribution is -2.47. The van der Waals surface area contributed by atoms with Crippen LogP contribution in [0, 0.1) is 5.41 Å². The predicted octanol–water partition coefficient (Wildman–Crippen LogP) is 2.33. The molecule has 0 spiro atoms. The highest BCUT2D eigenvalue weighted by Crippen LogP contribution is 2.22. The van der Waals surface area contributed by atoms with Crippen LogP contribution in [-0.2, 0) is 9.59 Å². The smallest absolute Gasteiger partial charge is 0.242 e. The molecular weight excluding hydrogens is 240 g/mol. The van der Waals surface area contributed by atoms with Crippen LogP contribution in [0.4, 0.5) is 0 Å². The largest absolute Gasteiger partial charge is 0.347 e. The second-order valence-electron chi connectivity index (χ2n) is 6.40. The van der Waals surface area contributed by atoms with Crippen molar-refractivity contribution >= 4 is 11.8 Å². The van der Waals surface area contributed by atoms with Crippen molar-refractivity contribution < 1.29 is 9.59 Å². The van der Waals surface area contributed by atoms with Gasteiger partial charge in [-0.05, 0) is 19.8 Å². The molecule has 1 N–H and O–H groups in total. The van der Waals surface area contributed by atoms with Gasteiger partial charge in [0.15, 0.2) is 0 Å². The Labute approximate surface area is 116 Å². The summed E-state index contributed by atoms with van der Waals surface area (Å²) >= 11 is 0. The van der Waals surface area contributed by atoms with E-state index in [1.807, 2.05) is 32.6 Å². The number of rotatable bonds is 4. The number of hydrogen-bond acceptors (Lipinski definition) is 2. The molecule has 4 nitrogen and oxygen atoms in total. The Kier molecular flexibility index (Phi) is 5.83. The Bertz CT molecular complexity index is 315. The van der Waals surface area contributed by atoms with Crippen molar-refractivity contribution in [3.05, 3.63) is 0 Å². The van der Waals surface area contributed by atoms with E-state index in [4.69, 9.17) is 0 Å². The fourth-order valence-electron chi connectivity index (χ4n) is 2.55. The van der Waals surface area contributed by atoms with E-state index in [0.29, 0.717) is 6.04 Å². The molecular formula is C15H28N2O2.